The maximum Gasteiger partial charge on any atom is 0.306 e. The van der Waals surface area contributed by atoms with Crippen molar-refractivity contribution >= 4 is 17.9 Å². The fraction of sp³-hybridized carbons (Fsp3) is 0.679. The van der Waals surface area contributed by atoms with Gasteiger partial charge in [0.1, 0.15) is 13.2 Å². The topological polar surface area (TPSA) is 78.9 Å². The first-order valence-corrected chi connectivity index (χ1v) is 24.1. The van der Waals surface area contributed by atoms with E-state index >= 15 is 0 Å². The predicted molar refractivity (Wildman–Crippen MR) is 251 cm³/mol. The molecule has 1 unspecified atom stereocenters. The largest absolute Gasteiger partial charge is 0.462 e. The Labute approximate surface area is 363 Å². The van der Waals surface area contributed by atoms with Crippen LogP contribution in [0, 0.1) is 0 Å². The van der Waals surface area contributed by atoms with Crippen LogP contribution in [0.15, 0.2) is 85.1 Å². The zero-order valence-electron chi connectivity index (χ0n) is 38.2. The molecule has 0 spiro atoms. The SMILES string of the molecule is CC\C=C/C=C\C=C/CCCCCCCCCC(=O)OC(COC(=O)CCCCCC/C=C\CCCC)COC(=O)CCCCCCCC/C=C\C/C=C\C/C=C\CC. The predicted octanol–water partition coefficient (Wildman–Crippen LogP) is 15.6. The number of hydrogen-bond donors (Lipinski definition) is 0. The molecule has 0 rings (SSSR count). The molecule has 0 heterocycles. The molecular weight excluding hydrogens is 733 g/mol. The summed E-state index contributed by atoms with van der Waals surface area (Å²) in [7, 11) is 0. The van der Waals surface area contributed by atoms with Crippen LogP contribution >= 0.6 is 0 Å². The molecule has 6 nitrogen and oxygen atoms in total. The maximum atomic E-state index is 12.8. The van der Waals surface area contributed by atoms with E-state index in [2.05, 4.69) is 106 Å². The third kappa shape index (κ3) is 45.5. The minimum atomic E-state index is -0.791. The average molecular weight is 821 g/mol. The highest BCUT2D eigenvalue weighted by molar-refractivity contribution is 5.71. The number of esters is 3. The summed E-state index contributed by atoms with van der Waals surface area (Å²) in [4.78, 5) is 37.8. The molecule has 0 amide bonds. The van der Waals surface area contributed by atoms with Gasteiger partial charge in [-0.2, -0.15) is 0 Å². The van der Waals surface area contributed by atoms with Gasteiger partial charge in [0.2, 0.25) is 0 Å². The lowest BCUT2D eigenvalue weighted by molar-refractivity contribution is -0.167. The van der Waals surface area contributed by atoms with E-state index in [0.717, 1.165) is 116 Å². The number of carbonyl (C=O) groups excluding carboxylic acids is 3. The van der Waals surface area contributed by atoms with E-state index in [-0.39, 0.29) is 31.1 Å². The second-order valence-electron chi connectivity index (χ2n) is 15.7. The zero-order chi connectivity index (χ0) is 43.0. The van der Waals surface area contributed by atoms with E-state index in [0.29, 0.717) is 19.3 Å². The van der Waals surface area contributed by atoms with Crippen molar-refractivity contribution in [1.29, 1.82) is 0 Å². The molecule has 0 aliphatic heterocycles. The Bertz CT molecular complexity index is 1170. The van der Waals surface area contributed by atoms with Gasteiger partial charge in [-0.1, -0.05) is 189 Å². The van der Waals surface area contributed by atoms with Crippen molar-refractivity contribution in [3.8, 4) is 0 Å². The summed E-state index contributed by atoms with van der Waals surface area (Å²) < 4.78 is 16.7. The minimum Gasteiger partial charge on any atom is -0.462 e. The Hall–Kier alpha value is -3.41. The summed E-state index contributed by atoms with van der Waals surface area (Å²) in [6.07, 6.45) is 59.9. The third-order valence-corrected chi connectivity index (χ3v) is 9.93. The lowest BCUT2D eigenvalue weighted by Crippen LogP contribution is -2.30. The molecule has 336 valence electrons. The van der Waals surface area contributed by atoms with Gasteiger partial charge in [-0.05, 0) is 89.9 Å². The molecule has 6 heteroatoms. The zero-order valence-corrected chi connectivity index (χ0v) is 38.2. The standard InChI is InChI=1S/C53H88O6/c1-4-7-10-13-16-19-22-24-26-28-29-31-34-37-40-43-46-52(55)58-49-50(48-57-51(54)45-42-39-36-33-21-18-15-12-9-6-3)59-53(56)47-44-41-38-35-32-30-27-25-23-20-17-14-11-8-5-2/h7-8,10-11,14-20,23-24,26,50H,4-6,9,12-13,21-22,25,27-49H2,1-3H3/b10-7-,11-8-,17-14-,18-15-,19-16-,23-20-,26-24-. The van der Waals surface area contributed by atoms with Crippen LogP contribution in [0.4, 0.5) is 0 Å². The number of carbonyl (C=O) groups is 3. The number of hydrogen-bond acceptors (Lipinski definition) is 6. The molecule has 0 saturated heterocycles. The summed E-state index contributed by atoms with van der Waals surface area (Å²) in [5.74, 6) is -0.936. The molecule has 1 atom stereocenters. The molecule has 0 N–H and O–H groups in total. The average Bonchev–Trinajstić information content (AvgIpc) is 3.23. The number of rotatable bonds is 42. The van der Waals surface area contributed by atoms with Crippen LogP contribution < -0.4 is 0 Å². The number of unbranched alkanes of at least 4 members (excludes halogenated alkanes) is 19. The van der Waals surface area contributed by atoms with Gasteiger partial charge in [-0.3, -0.25) is 14.4 Å². The van der Waals surface area contributed by atoms with Gasteiger partial charge in [-0.25, -0.2) is 0 Å². The van der Waals surface area contributed by atoms with Crippen molar-refractivity contribution < 1.29 is 28.6 Å². The summed E-state index contributed by atoms with van der Waals surface area (Å²) in [5.41, 5.74) is 0. The minimum absolute atomic E-state index is 0.0929. The molecule has 0 aromatic rings. The van der Waals surface area contributed by atoms with Crippen molar-refractivity contribution in [2.75, 3.05) is 13.2 Å². The second kappa shape index (κ2) is 47.3. The Morgan fingerprint density at radius 3 is 1.24 bits per heavy atom. The van der Waals surface area contributed by atoms with E-state index in [1.54, 1.807) is 0 Å². The van der Waals surface area contributed by atoms with Gasteiger partial charge < -0.3 is 14.2 Å². The van der Waals surface area contributed by atoms with E-state index in [9.17, 15) is 14.4 Å². The van der Waals surface area contributed by atoms with Gasteiger partial charge in [-0.15, -0.1) is 0 Å². The molecule has 59 heavy (non-hydrogen) atoms. The molecular formula is C53H88O6. The number of allylic oxidation sites excluding steroid dienone is 14. The molecule has 0 fully saturated rings. The first-order chi connectivity index (χ1) is 29.0. The molecule has 0 aliphatic rings. The highest BCUT2D eigenvalue weighted by atomic mass is 16.6. The van der Waals surface area contributed by atoms with E-state index < -0.39 is 6.10 Å². The van der Waals surface area contributed by atoms with Crippen molar-refractivity contribution in [3.63, 3.8) is 0 Å². The van der Waals surface area contributed by atoms with Crippen LogP contribution in [0.2, 0.25) is 0 Å². The molecule has 0 saturated carbocycles. The lowest BCUT2D eigenvalue weighted by Gasteiger charge is -2.18. The quantitative estimate of drug-likeness (QED) is 0.0201. The summed E-state index contributed by atoms with van der Waals surface area (Å²) in [6, 6.07) is 0. The van der Waals surface area contributed by atoms with Crippen LogP contribution in [0.25, 0.3) is 0 Å². The van der Waals surface area contributed by atoms with Crippen molar-refractivity contribution in [2.24, 2.45) is 0 Å². The molecule has 0 aromatic heterocycles. The third-order valence-electron chi connectivity index (χ3n) is 9.93. The van der Waals surface area contributed by atoms with Crippen LogP contribution in [-0.2, 0) is 28.6 Å². The van der Waals surface area contributed by atoms with Gasteiger partial charge in [0, 0.05) is 19.3 Å². The van der Waals surface area contributed by atoms with Crippen molar-refractivity contribution in [1.82, 2.24) is 0 Å². The Morgan fingerprint density at radius 2 is 0.746 bits per heavy atom. The van der Waals surface area contributed by atoms with Crippen LogP contribution in [0.1, 0.15) is 213 Å². The van der Waals surface area contributed by atoms with Gasteiger partial charge in [0.25, 0.3) is 0 Å². The van der Waals surface area contributed by atoms with E-state index in [1.807, 2.05) is 0 Å². The Balaban J connectivity index is 4.42. The summed E-state index contributed by atoms with van der Waals surface area (Å²) in [6.45, 7) is 6.31. The van der Waals surface area contributed by atoms with Crippen LogP contribution in [-0.4, -0.2) is 37.2 Å². The lowest BCUT2D eigenvalue weighted by atomic mass is 10.1. The normalized spacial score (nSPS) is 12.8. The molecule has 0 aromatic carbocycles. The fourth-order valence-electron chi connectivity index (χ4n) is 6.32. The Kier molecular flexibility index (Phi) is 44.5. The fourth-order valence-corrected chi connectivity index (χ4v) is 6.32. The van der Waals surface area contributed by atoms with E-state index in [1.165, 1.54) is 57.8 Å². The van der Waals surface area contributed by atoms with Crippen LogP contribution in [0.5, 0.6) is 0 Å². The second-order valence-corrected chi connectivity index (χ2v) is 15.7. The van der Waals surface area contributed by atoms with Gasteiger partial charge in [0.05, 0.1) is 0 Å². The van der Waals surface area contributed by atoms with Crippen molar-refractivity contribution in [2.45, 2.75) is 219 Å². The van der Waals surface area contributed by atoms with Gasteiger partial charge >= 0.3 is 17.9 Å². The monoisotopic (exact) mass is 821 g/mol. The maximum absolute atomic E-state index is 12.8. The molecule has 0 bridgehead atoms. The van der Waals surface area contributed by atoms with Gasteiger partial charge in [0.15, 0.2) is 6.10 Å². The Morgan fingerprint density at radius 1 is 0.373 bits per heavy atom. The summed E-state index contributed by atoms with van der Waals surface area (Å²) >= 11 is 0. The highest BCUT2D eigenvalue weighted by Gasteiger charge is 2.19. The first kappa shape index (κ1) is 55.6. The molecule has 0 radical (unpaired) electrons. The van der Waals surface area contributed by atoms with E-state index in [4.69, 9.17) is 14.2 Å². The molecule has 0 aliphatic carbocycles. The highest BCUT2D eigenvalue weighted by Crippen LogP contribution is 2.13. The first-order valence-electron chi connectivity index (χ1n) is 24.1. The van der Waals surface area contributed by atoms with Crippen LogP contribution in [0.3, 0.4) is 0 Å². The van der Waals surface area contributed by atoms with Crippen molar-refractivity contribution in [3.05, 3.63) is 85.1 Å². The smallest absolute Gasteiger partial charge is 0.306 e. The summed E-state index contributed by atoms with van der Waals surface area (Å²) in [5, 5.41) is 0. The number of ether oxygens (including phenoxy) is 3.